The highest BCUT2D eigenvalue weighted by atomic mass is 16.5. The summed E-state index contributed by atoms with van der Waals surface area (Å²) < 4.78 is 10.6. The maximum absolute atomic E-state index is 12.3. The highest BCUT2D eigenvalue weighted by molar-refractivity contribution is 5.79. The Morgan fingerprint density at radius 2 is 1.90 bits per heavy atom. The number of nitrogens with two attached hydrogens (primary N) is 1. The van der Waals surface area contributed by atoms with Gasteiger partial charge in [-0.3, -0.25) is 4.79 Å². The van der Waals surface area contributed by atoms with Gasteiger partial charge in [0.2, 0.25) is 5.91 Å². The van der Waals surface area contributed by atoms with E-state index < -0.39 is 0 Å². The van der Waals surface area contributed by atoms with Crippen molar-refractivity contribution in [1.29, 1.82) is 0 Å². The fourth-order valence-electron chi connectivity index (χ4n) is 2.26. The Balaban J connectivity index is 2.92. The number of hydrogen-bond donors (Lipinski definition) is 2. The number of carbonyl (C=O) groups is 1. The fourth-order valence-corrected chi connectivity index (χ4v) is 2.26. The molecule has 1 aromatic carbocycles. The molecule has 0 aliphatic carbocycles. The summed E-state index contributed by atoms with van der Waals surface area (Å²) in [4.78, 5) is 12.3. The first-order chi connectivity index (χ1) is 9.94. The number of carbonyl (C=O) groups excluding carboxylic acids is 1. The first-order valence-corrected chi connectivity index (χ1v) is 7.16. The van der Waals surface area contributed by atoms with Crippen molar-refractivity contribution in [2.75, 3.05) is 20.8 Å². The number of methoxy groups -OCH3 is 2. The van der Waals surface area contributed by atoms with Crippen molar-refractivity contribution in [3.63, 3.8) is 0 Å². The predicted octanol–water partition coefficient (Wildman–Crippen LogP) is 2.11. The van der Waals surface area contributed by atoms with Crippen LogP contribution in [0.15, 0.2) is 18.2 Å². The molecule has 1 amide bonds. The van der Waals surface area contributed by atoms with Gasteiger partial charge < -0.3 is 20.5 Å². The number of rotatable bonds is 7. The average molecular weight is 294 g/mol. The summed E-state index contributed by atoms with van der Waals surface area (Å²) >= 11 is 0. The quantitative estimate of drug-likeness (QED) is 0.808. The van der Waals surface area contributed by atoms with Crippen LogP contribution in [0.25, 0.3) is 0 Å². The van der Waals surface area contributed by atoms with E-state index in [4.69, 9.17) is 15.2 Å². The largest absolute Gasteiger partial charge is 0.497 e. The monoisotopic (exact) mass is 294 g/mol. The first kappa shape index (κ1) is 17.3. The molecule has 2 atom stereocenters. The third-order valence-electron chi connectivity index (χ3n) is 3.66. The molecule has 3 N–H and O–H groups in total. The third-order valence-corrected chi connectivity index (χ3v) is 3.66. The van der Waals surface area contributed by atoms with Crippen molar-refractivity contribution in [2.24, 2.45) is 17.6 Å². The summed E-state index contributed by atoms with van der Waals surface area (Å²) in [5.41, 5.74) is 6.56. The van der Waals surface area contributed by atoms with E-state index in [1.165, 1.54) is 0 Å². The van der Waals surface area contributed by atoms with Crippen molar-refractivity contribution in [1.82, 2.24) is 5.32 Å². The van der Waals surface area contributed by atoms with Gasteiger partial charge in [-0.2, -0.15) is 0 Å². The fraction of sp³-hybridized carbons (Fsp3) is 0.562. The molecule has 1 aromatic rings. The van der Waals surface area contributed by atoms with E-state index in [0.717, 1.165) is 17.1 Å². The molecular formula is C16H26N2O3. The lowest BCUT2D eigenvalue weighted by Gasteiger charge is -2.23. The standard InChI is InChI=1S/C16H26N2O3/c1-10(2)14(9-17)16(19)18-11(3)13-8-12(20-4)6-7-15(13)21-5/h6-8,10-11,14H,9,17H2,1-5H3,(H,18,19). The molecule has 0 saturated heterocycles. The van der Waals surface area contributed by atoms with Gasteiger partial charge in [-0.05, 0) is 31.0 Å². The molecule has 5 heteroatoms. The van der Waals surface area contributed by atoms with Crippen LogP contribution in [0.5, 0.6) is 11.5 Å². The van der Waals surface area contributed by atoms with Crippen molar-refractivity contribution in [3.8, 4) is 11.5 Å². The molecule has 5 nitrogen and oxygen atoms in total. The van der Waals surface area contributed by atoms with Crippen LogP contribution in [-0.2, 0) is 4.79 Å². The lowest BCUT2D eigenvalue weighted by atomic mass is 9.94. The van der Waals surface area contributed by atoms with Crippen LogP contribution in [0.1, 0.15) is 32.4 Å². The van der Waals surface area contributed by atoms with E-state index in [9.17, 15) is 4.79 Å². The summed E-state index contributed by atoms with van der Waals surface area (Å²) in [6, 6.07) is 5.35. The van der Waals surface area contributed by atoms with Crippen LogP contribution in [-0.4, -0.2) is 26.7 Å². The van der Waals surface area contributed by atoms with Crippen LogP contribution < -0.4 is 20.5 Å². The van der Waals surface area contributed by atoms with Gasteiger partial charge in [0.05, 0.1) is 26.2 Å². The third kappa shape index (κ3) is 4.36. The van der Waals surface area contributed by atoms with Gasteiger partial charge in [0.25, 0.3) is 0 Å². The van der Waals surface area contributed by atoms with Gasteiger partial charge in [0.1, 0.15) is 11.5 Å². The van der Waals surface area contributed by atoms with Crippen LogP contribution in [0.4, 0.5) is 0 Å². The smallest absolute Gasteiger partial charge is 0.225 e. The summed E-state index contributed by atoms with van der Waals surface area (Å²) in [6.07, 6.45) is 0. The van der Waals surface area contributed by atoms with E-state index in [0.29, 0.717) is 6.54 Å². The van der Waals surface area contributed by atoms with Crippen LogP contribution >= 0.6 is 0 Å². The Labute approximate surface area is 126 Å². The summed E-state index contributed by atoms with van der Waals surface area (Å²) in [5, 5.41) is 3.00. The number of ether oxygens (including phenoxy) is 2. The van der Waals surface area contributed by atoms with E-state index in [1.807, 2.05) is 39.0 Å². The molecule has 1 rings (SSSR count). The van der Waals surface area contributed by atoms with E-state index >= 15 is 0 Å². The second-order valence-corrected chi connectivity index (χ2v) is 5.42. The molecule has 0 spiro atoms. The molecule has 0 aliphatic rings. The molecule has 0 fully saturated rings. The molecule has 0 radical (unpaired) electrons. The Kier molecular flexibility index (Phi) is 6.49. The van der Waals surface area contributed by atoms with Crippen molar-refractivity contribution < 1.29 is 14.3 Å². The lowest BCUT2D eigenvalue weighted by molar-refractivity contribution is -0.126. The second kappa shape index (κ2) is 7.88. The summed E-state index contributed by atoms with van der Waals surface area (Å²) in [5.74, 6) is 1.42. The number of nitrogens with one attached hydrogen (secondary N) is 1. The number of hydrogen-bond acceptors (Lipinski definition) is 4. The predicted molar refractivity (Wildman–Crippen MR) is 83.5 cm³/mol. The van der Waals surface area contributed by atoms with Crippen LogP contribution in [0, 0.1) is 11.8 Å². The van der Waals surface area contributed by atoms with Crippen LogP contribution in [0.3, 0.4) is 0 Å². The molecule has 0 aliphatic heterocycles. The Morgan fingerprint density at radius 3 is 2.38 bits per heavy atom. The second-order valence-electron chi connectivity index (χ2n) is 5.42. The Hall–Kier alpha value is -1.75. The van der Waals surface area contributed by atoms with Gasteiger partial charge in [-0.25, -0.2) is 0 Å². The minimum Gasteiger partial charge on any atom is -0.497 e. The molecule has 21 heavy (non-hydrogen) atoms. The van der Waals surface area contributed by atoms with E-state index in [2.05, 4.69) is 5.32 Å². The van der Waals surface area contributed by atoms with Gasteiger partial charge in [0.15, 0.2) is 0 Å². The molecular weight excluding hydrogens is 268 g/mol. The Bertz CT molecular complexity index is 475. The minimum atomic E-state index is -0.191. The zero-order chi connectivity index (χ0) is 16.0. The van der Waals surface area contributed by atoms with E-state index in [-0.39, 0.29) is 23.8 Å². The lowest BCUT2D eigenvalue weighted by Crippen LogP contribution is -2.39. The van der Waals surface area contributed by atoms with Gasteiger partial charge in [0, 0.05) is 12.1 Å². The highest BCUT2D eigenvalue weighted by Crippen LogP contribution is 2.29. The maximum Gasteiger partial charge on any atom is 0.225 e. The van der Waals surface area contributed by atoms with Crippen molar-refractivity contribution in [2.45, 2.75) is 26.8 Å². The molecule has 2 unspecified atom stereocenters. The minimum absolute atomic E-state index is 0.0372. The zero-order valence-corrected chi connectivity index (χ0v) is 13.5. The van der Waals surface area contributed by atoms with Crippen molar-refractivity contribution >= 4 is 5.91 Å². The van der Waals surface area contributed by atoms with Crippen LogP contribution in [0.2, 0.25) is 0 Å². The first-order valence-electron chi connectivity index (χ1n) is 7.16. The SMILES string of the molecule is COc1ccc(OC)c(C(C)NC(=O)C(CN)C(C)C)c1. The van der Waals surface area contributed by atoms with Gasteiger partial charge >= 0.3 is 0 Å². The Morgan fingerprint density at radius 1 is 1.24 bits per heavy atom. The van der Waals surface area contributed by atoms with Crippen molar-refractivity contribution in [3.05, 3.63) is 23.8 Å². The van der Waals surface area contributed by atoms with Gasteiger partial charge in [-0.1, -0.05) is 13.8 Å². The molecule has 0 aromatic heterocycles. The topological polar surface area (TPSA) is 73.6 Å². The molecule has 0 saturated carbocycles. The highest BCUT2D eigenvalue weighted by Gasteiger charge is 2.23. The maximum atomic E-state index is 12.3. The normalized spacial score (nSPS) is 13.7. The average Bonchev–Trinajstić information content (AvgIpc) is 2.46. The number of benzene rings is 1. The summed E-state index contributed by atoms with van der Waals surface area (Å²) in [7, 11) is 3.22. The zero-order valence-electron chi connectivity index (χ0n) is 13.5. The molecule has 118 valence electrons. The van der Waals surface area contributed by atoms with E-state index in [1.54, 1.807) is 14.2 Å². The molecule has 0 heterocycles. The number of amides is 1. The summed E-state index contributed by atoms with van der Waals surface area (Å²) in [6.45, 7) is 6.25. The van der Waals surface area contributed by atoms with Gasteiger partial charge in [-0.15, -0.1) is 0 Å². The molecule has 0 bridgehead atoms.